The van der Waals surface area contributed by atoms with E-state index < -0.39 is 6.10 Å². The Morgan fingerprint density at radius 1 is 1.41 bits per heavy atom. The second kappa shape index (κ2) is 7.63. The van der Waals surface area contributed by atoms with E-state index in [4.69, 9.17) is 4.74 Å². The zero-order valence-corrected chi connectivity index (χ0v) is 10.8. The molecule has 0 aromatic rings. The quantitative estimate of drug-likeness (QED) is 0.689. The highest BCUT2D eigenvalue weighted by atomic mass is 16.5. The Morgan fingerprint density at radius 2 is 2.06 bits per heavy atom. The van der Waals surface area contributed by atoms with Crippen molar-refractivity contribution in [3.05, 3.63) is 0 Å². The molecule has 1 rings (SSSR count). The molecule has 0 bridgehead atoms. The predicted octanol–water partition coefficient (Wildman–Crippen LogP) is -0.0157. The summed E-state index contributed by atoms with van der Waals surface area (Å²) in [5.41, 5.74) is 0. The highest BCUT2D eigenvalue weighted by Crippen LogP contribution is 2.09. The highest BCUT2D eigenvalue weighted by molar-refractivity contribution is 5.81. The Kier molecular flexibility index (Phi) is 6.47. The lowest BCUT2D eigenvalue weighted by Crippen LogP contribution is -2.48. The van der Waals surface area contributed by atoms with Crippen LogP contribution in [0.15, 0.2) is 0 Å². The number of piperidine rings is 1. The van der Waals surface area contributed by atoms with Crippen molar-refractivity contribution >= 4 is 5.91 Å². The van der Waals surface area contributed by atoms with Crippen LogP contribution in [-0.4, -0.2) is 61.4 Å². The zero-order chi connectivity index (χ0) is 12.7. The number of aliphatic hydroxyl groups excluding tert-OH is 1. The zero-order valence-electron chi connectivity index (χ0n) is 10.8. The third-order valence-corrected chi connectivity index (χ3v) is 3.06. The van der Waals surface area contributed by atoms with Crippen molar-refractivity contribution in [2.24, 2.45) is 0 Å². The first-order chi connectivity index (χ1) is 8.15. The summed E-state index contributed by atoms with van der Waals surface area (Å²) in [6.07, 6.45) is 2.87. The van der Waals surface area contributed by atoms with Crippen molar-refractivity contribution in [3.63, 3.8) is 0 Å². The van der Waals surface area contributed by atoms with Gasteiger partial charge in [0.2, 0.25) is 5.91 Å². The van der Waals surface area contributed by atoms with Crippen LogP contribution in [0.5, 0.6) is 0 Å². The van der Waals surface area contributed by atoms with Gasteiger partial charge in [-0.05, 0) is 26.2 Å². The molecule has 1 aliphatic heterocycles. The number of hydrogen-bond donors (Lipinski definition) is 2. The summed E-state index contributed by atoms with van der Waals surface area (Å²) in [5.74, 6) is 0.134. The van der Waals surface area contributed by atoms with E-state index in [1.807, 2.05) is 11.8 Å². The minimum Gasteiger partial charge on any atom is -0.389 e. The fourth-order valence-electron chi connectivity index (χ4n) is 2.04. The number of methoxy groups -OCH3 is 1. The van der Waals surface area contributed by atoms with Crippen LogP contribution in [0.4, 0.5) is 0 Å². The van der Waals surface area contributed by atoms with Gasteiger partial charge in [-0.2, -0.15) is 0 Å². The molecular formula is C12H24N2O3. The minimum atomic E-state index is -0.559. The van der Waals surface area contributed by atoms with Crippen LogP contribution < -0.4 is 5.32 Å². The van der Waals surface area contributed by atoms with Gasteiger partial charge in [-0.15, -0.1) is 0 Å². The second-order valence-corrected chi connectivity index (χ2v) is 4.63. The van der Waals surface area contributed by atoms with Crippen LogP contribution in [0, 0.1) is 0 Å². The van der Waals surface area contributed by atoms with Gasteiger partial charge in [-0.25, -0.2) is 0 Å². The van der Waals surface area contributed by atoms with Crippen molar-refractivity contribution in [1.82, 2.24) is 10.2 Å². The molecular weight excluding hydrogens is 220 g/mol. The Balaban J connectivity index is 2.25. The largest absolute Gasteiger partial charge is 0.389 e. The molecule has 1 fully saturated rings. The molecule has 0 radical (unpaired) electrons. The lowest BCUT2D eigenvalue weighted by Gasteiger charge is -2.29. The molecule has 5 heteroatoms. The highest BCUT2D eigenvalue weighted by Gasteiger charge is 2.22. The molecule has 0 spiro atoms. The molecule has 0 saturated carbocycles. The van der Waals surface area contributed by atoms with Gasteiger partial charge in [-0.3, -0.25) is 4.79 Å². The second-order valence-electron chi connectivity index (χ2n) is 4.63. The maximum atomic E-state index is 12.0. The molecule has 1 saturated heterocycles. The van der Waals surface area contributed by atoms with Gasteiger partial charge in [0.05, 0.1) is 18.8 Å². The normalized spacial score (nSPS) is 20.1. The average Bonchev–Trinajstić information content (AvgIpc) is 2.36. The molecule has 2 atom stereocenters. The minimum absolute atomic E-state index is 0.134. The van der Waals surface area contributed by atoms with Crippen LogP contribution in [0.2, 0.25) is 0 Å². The molecule has 1 aliphatic rings. The number of aliphatic hydroxyl groups is 1. The number of hydrogen-bond acceptors (Lipinski definition) is 4. The van der Waals surface area contributed by atoms with Crippen molar-refractivity contribution in [2.45, 2.75) is 38.3 Å². The number of nitrogens with zero attached hydrogens (tertiary/aromatic N) is 1. The van der Waals surface area contributed by atoms with Gasteiger partial charge in [0.25, 0.3) is 0 Å². The van der Waals surface area contributed by atoms with Gasteiger partial charge in [0, 0.05) is 26.7 Å². The van der Waals surface area contributed by atoms with Gasteiger partial charge < -0.3 is 20.1 Å². The number of rotatable bonds is 6. The topological polar surface area (TPSA) is 61.8 Å². The Bertz CT molecular complexity index is 230. The summed E-state index contributed by atoms with van der Waals surface area (Å²) in [4.78, 5) is 13.9. The number of carbonyl (C=O) groups is 1. The summed E-state index contributed by atoms with van der Waals surface area (Å²) in [6, 6.07) is -0.236. The Hall–Kier alpha value is -0.650. The molecule has 2 N–H and O–H groups in total. The summed E-state index contributed by atoms with van der Waals surface area (Å²) in [6.45, 7) is 4.25. The number of ether oxygens (including phenoxy) is 1. The number of amides is 1. The first-order valence-corrected chi connectivity index (χ1v) is 6.34. The lowest BCUT2D eigenvalue weighted by molar-refractivity contribution is -0.134. The molecule has 0 aliphatic carbocycles. The first kappa shape index (κ1) is 14.4. The smallest absolute Gasteiger partial charge is 0.239 e. The summed E-state index contributed by atoms with van der Waals surface area (Å²) in [5, 5.41) is 12.5. The first-order valence-electron chi connectivity index (χ1n) is 6.34. The van der Waals surface area contributed by atoms with Crippen LogP contribution in [0.25, 0.3) is 0 Å². The molecule has 2 unspecified atom stereocenters. The van der Waals surface area contributed by atoms with E-state index in [0.717, 1.165) is 25.9 Å². The molecule has 1 heterocycles. The summed E-state index contributed by atoms with van der Waals surface area (Å²) < 4.78 is 4.83. The van der Waals surface area contributed by atoms with E-state index in [2.05, 4.69) is 5.32 Å². The van der Waals surface area contributed by atoms with Crippen molar-refractivity contribution in [2.75, 3.05) is 33.4 Å². The standard InChI is InChI=1S/C12H24N2O3/c1-10(13-8-11(15)9-17-2)12(16)14-6-4-3-5-7-14/h10-11,13,15H,3-9H2,1-2H3. The van der Waals surface area contributed by atoms with Crippen LogP contribution in [-0.2, 0) is 9.53 Å². The fraction of sp³-hybridized carbons (Fsp3) is 0.917. The van der Waals surface area contributed by atoms with Crippen LogP contribution in [0.3, 0.4) is 0 Å². The fourth-order valence-corrected chi connectivity index (χ4v) is 2.04. The van der Waals surface area contributed by atoms with Crippen molar-refractivity contribution in [1.29, 1.82) is 0 Å². The van der Waals surface area contributed by atoms with E-state index in [1.54, 1.807) is 7.11 Å². The van der Waals surface area contributed by atoms with Crippen molar-refractivity contribution in [3.8, 4) is 0 Å². The third-order valence-electron chi connectivity index (χ3n) is 3.06. The van der Waals surface area contributed by atoms with Gasteiger partial charge in [0.15, 0.2) is 0 Å². The maximum absolute atomic E-state index is 12.0. The van der Waals surface area contributed by atoms with E-state index in [1.165, 1.54) is 6.42 Å². The maximum Gasteiger partial charge on any atom is 0.239 e. The number of likely N-dealkylation sites (tertiary alicyclic amines) is 1. The van der Waals surface area contributed by atoms with E-state index in [0.29, 0.717) is 6.54 Å². The van der Waals surface area contributed by atoms with Crippen molar-refractivity contribution < 1.29 is 14.6 Å². The van der Waals surface area contributed by atoms with Gasteiger partial charge in [0.1, 0.15) is 0 Å². The van der Waals surface area contributed by atoms with Crippen LogP contribution >= 0.6 is 0 Å². The lowest BCUT2D eigenvalue weighted by atomic mass is 10.1. The molecule has 100 valence electrons. The number of nitrogens with one attached hydrogen (secondary N) is 1. The number of carbonyl (C=O) groups excluding carboxylic acids is 1. The molecule has 0 aromatic heterocycles. The average molecular weight is 244 g/mol. The molecule has 17 heavy (non-hydrogen) atoms. The summed E-state index contributed by atoms with van der Waals surface area (Å²) in [7, 11) is 1.55. The molecule has 5 nitrogen and oxygen atoms in total. The molecule has 1 amide bonds. The Labute approximate surface area is 103 Å². The molecule has 0 aromatic carbocycles. The SMILES string of the molecule is COCC(O)CNC(C)C(=O)N1CCCCC1. The van der Waals surface area contributed by atoms with E-state index in [-0.39, 0.29) is 18.6 Å². The summed E-state index contributed by atoms with van der Waals surface area (Å²) >= 11 is 0. The van der Waals surface area contributed by atoms with Gasteiger partial charge in [-0.1, -0.05) is 0 Å². The van der Waals surface area contributed by atoms with Crippen LogP contribution in [0.1, 0.15) is 26.2 Å². The third kappa shape index (κ3) is 5.02. The predicted molar refractivity (Wildman–Crippen MR) is 65.8 cm³/mol. The Morgan fingerprint density at radius 3 is 2.65 bits per heavy atom. The monoisotopic (exact) mass is 244 g/mol. The van der Waals surface area contributed by atoms with E-state index >= 15 is 0 Å². The van der Waals surface area contributed by atoms with E-state index in [9.17, 15) is 9.90 Å². The van der Waals surface area contributed by atoms with Gasteiger partial charge >= 0.3 is 0 Å².